The Morgan fingerprint density at radius 3 is 1.48 bits per heavy atom. The third-order valence-electron chi connectivity index (χ3n) is 4.68. The Kier molecular flexibility index (Phi) is 16.6. The van der Waals surface area contributed by atoms with Crippen molar-refractivity contribution in [2.75, 3.05) is 0 Å². The first kappa shape index (κ1) is 29.8. The molecule has 0 bridgehead atoms. The summed E-state index contributed by atoms with van der Waals surface area (Å²) in [5.74, 6) is -3.66. The molecule has 1 saturated heterocycles. The molecule has 0 aromatic rings. The summed E-state index contributed by atoms with van der Waals surface area (Å²) >= 11 is 0. The van der Waals surface area contributed by atoms with E-state index in [0.717, 1.165) is 12.8 Å². The van der Waals surface area contributed by atoms with Crippen LogP contribution in [0.1, 0.15) is 67.6 Å². The van der Waals surface area contributed by atoms with Gasteiger partial charge in [-0.15, -0.1) is 0 Å². The minimum absolute atomic E-state index is 0. The Bertz CT molecular complexity index is 442. The van der Waals surface area contributed by atoms with Crippen LogP contribution >= 0.6 is 0 Å². The van der Waals surface area contributed by atoms with Crippen LogP contribution < -0.4 is 0 Å². The van der Waals surface area contributed by atoms with Crippen LogP contribution in [0.4, 0.5) is 0 Å². The summed E-state index contributed by atoms with van der Waals surface area (Å²) in [5.41, 5.74) is 0. The highest BCUT2D eigenvalue weighted by molar-refractivity contribution is 5.90. The number of carboxylic acid groups (broad SMARTS) is 2. The summed E-state index contributed by atoms with van der Waals surface area (Å²) in [6, 6.07) is 0. The lowest BCUT2D eigenvalue weighted by Gasteiger charge is -2.24. The predicted octanol–water partition coefficient (Wildman–Crippen LogP) is 1.71. The Balaban J connectivity index is -0.000000186. The van der Waals surface area contributed by atoms with Gasteiger partial charge in [-0.05, 0) is 38.5 Å². The molecule has 0 saturated carbocycles. The number of aliphatic carboxylic acids is 2. The largest absolute Gasteiger partial charge is 0.481 e. The van der Waals surface area contributed by atoms with E-state index in [2.05, 4.69) is 4.74 Å². The van der Waals surface area contributed by atoms with Gasteiger partial charge in [-0.3, -0.25) is 19.2 Å². The van der Waals surface area contributed by atoms with Gasteiger partial charge in [0.05, 0.1) is 23.7 Å². The molecule has 1 aliphatic rings. The van der Waals surface area contributed by atoms with Gasteiger partial charge in [0.1, 0.15) is 0 Å². The Hall–Kier alpha value is -2.00. The monoisotopic (exact) mass is 397 g/mol. The van der Waals surface area contributed by atoms with Crippen LogP contribution in [0.25, 0.3) is 0 Å². The number of esters is 2. The van der Waals surface area contributed by atoms with E-state index in [1.165, 1.54) is 0 Å². The van der Waals surface area contributed by atoms with Gasteiger partial charge in [0, 0.05) is 1.43 Å². The van der Waals surface area contributed by atoms with Gasteiger partial charge in [-0.25, -0.2) is 0 Å². The lowest BCUT2D eigenvalue weighted by atomic mass is 9.89. The first-order chi connectivity index (χ1) is 11.7. The minimum atomic E-state index is -0.901. The highest BCUT2D eigenvalue weighted by Gasteiger charge is 2.34. The van der Waals surface area contributed by atoms with Crippen molar-refractivity contribution in [1.82, 2.24) is 0 Å². The summed E-state index contributed by atoms with van der Waals surface area (Å²) in [5, 5.41) is 17.4. The maximum atomic E-state index is 11.1. The van der Waals surface area contributed by atoms with Crippen molar-refractivity contribution in [3.05, 3.63) is 0 Å². The molecule has 9 heteroatoms. The van der Waals surface area contributed by atoms with Gasteiger partial charge in [0.25, 0.3) is 0 Å². The second-order valence-corrected chi connectivity index (χ2v) is 6.31. The minimum Gasteiger partial charge on any atom is -0.481 e. The van der Waals surface area contributed by atoms with E-state index >= 15 is 0 Å². The molecular weight excluding hydrogens is 360 g/mol. The van der Waals surface area contributed by atoms with E-state index in [4.69, 9.17) is 10.2 Å². The molecule has 1 heterocycles. The van der Waals surface area contributed by atoms with Crippen LogP contribution in [0.2, 0.25) is 0 Å². The van der Waals surface area contributed by atoms with Crippen LogP contribution in [-0.2, 0) is 23.9 Å². The summed E-state index contributed by atoms with van der Waals surface area (Å²) in [7, 11) is 0. The fraction of sp³-hybridized carbons (Fsp3) is 0.778. The first-order valence-corrected chi connectivity index (χ1v) is 8.92. The third-order valence-corrected chi connectivity index (χ3v) is 4.68. The van der Waals surface area contributed by atoms with Crippen molar-refractivity contribution in [1.29, 1.82) is 0 Å². The van der Waals surface area contributed by atoms with Gasteiger partial charge in [0.2, 0.25) is 0 Å². The average molecular weight is 397 g/mol. The summed E-state index contributed by atoms with van der Waals surface area (Å²) in [4.78, 5) is 43.3. The molecule has 0 radical (unpaired) electrons. The summed E-state index contributed by atoms with van der Waals surface area (Å²) < 4.78 is 4.62. The van der Waals surface area contributed by atoms with Gasteiger partial charge in [-0.2, -0.15) is 0 Å². The zero-order valence-corrected chi connectivity index (χ0v) is 16.5. The maximum absolute atomic E-state index is 11.1. The Morgan fingerprint density at radius 2 is 1.26 bits per heavy atom. The highest BCUT2D eigenvalue weighted by Crippen LogP contribution is 2.26. The van der Waals surface area contributed by atoms with Crippen LogP contribution in [0, 0.1) is 23.7 Å². The molecule has 0 aromatic carbocycles. The normalized spacial score (nSPS) is 20.6. The van der Waals surface area contributed by atoms with Gasteiger partial charge in [-0.1, -0.05) is 27.7 Å². The van der Waals surface area contributed by atoms with E-state index in [9.17, 15) is 19.2 Å². The molecule has 4 unspecified atom stereocenters. The van der Waals surface area contributed by atoms with Crippen LogP contribution in [0.15, 0.2) is 0 Å². The Labute approximate surface area is 161 Å². The van der Waals surface area contributed by atoms with Crippen molar-refractivity contribution in [3.8, 4) is 0 Å². The van der Waals surface area contributed by atoms with E-state index in [0.29, 0.717) is 19.3 Å². The number of rotatable bonds is 8. The number of carbonyl (C=O) groups is 4. The van der Waals surface area contributed by atoms with Crippen molar-refractivity contribution in [2.24, 2.45) is 23.7 Å². The fourth-order valence-corrected chi connectivity index (χ4v) is 2.70. The highest BCUT2D eigenvalue weighted by atomic mass is 16.6. The molecule has 6 N–H and O–H groups in total. The molecule has 0 aliphatic carbocycles. The van der Waals surface area contributed by atoms with E-state index in [-0.39, 0.29) is 42.6 Å². The van der Waals surface area contributed by atoms with E-state index in [1.54, 1.807) is 13.8 Å². The molecule has 1 rings (SSSR count). The van der Waals surface area contributed by atoms with Crippen molar-refractivity contribution in [2.45, 2.75) is 66.2 Å². The molecule has 1 aliphatic heterocycles. The molecule has 9 nitrogen and oxygen atoms in total. The quantitative estimate of drug-likeness (QED) is 0.461. The smallest absolute Gasteiger partial charge is 0.316 e. The van der Waals surface area contributed by atoms with Crippen molar-refractivity contribution in [3.63, 3.8) is 0 Å². The lowest BCUT2D eigenvalue weighted by molar-refractivity contribution is -0.172. The second-order valence-electron chi connectivity index (χ2n) is 6.31. The summed E-state index contributed by atoms with van der Waals surface area (Å²) in [6.07, 6.45) is 3.41. The molecule has 162 valence electrons. The third kappa shape index (κ3) is 10.0. The lowest BCUT2D eigenvalue weighted by Crippen LogP contribution is -2.34. The zero-order chi connectivity index (χ0) is 19.6. The van der Waals surface area contributed by atoms with Gasteiger partial charge >= 0.3 is 23.9 Å². The maximum Gasteiger partial charge on any atom is 0.316 e. The predicted molar refractivity (Wildman–Crippen MR) is 100 cm³/mol. The van der Waals surface area contributed by atoms with Gasteiger partial charge in [0.15, 0.2) is 0 Å². The Morgan fingerprint density at radius 1 is 0.926 bits per heavy atom. The number of hydrogen-bond acceptors (Lipinski definition) is 5. The van der Waals surface area contributed by atoms with Crippen LogP contribution in [-0.4, -0.2) is 45.0 Å². The first-order valence-electron chi connectivity index (χ1n) is 8.92. The molecule has 1 fully saturated rings. The number of hydrogen-bond donors (Lipinski definition) is 2. The van der Waals surface area contributed by atoms with Gasteiger partial charge < -0.3 is 25.9 Å². The standard InChI is InChI=1S/C9H16O4.C9H14O3.2H2O.H2/c1-3-6(8(10)11)5-7(4-2)9(12)13;1-3-6-5-7(4-2)9(11)12-8(6)10;;;/h6-7H,3-5H2,1-2H3,(H,10,11)(H,12,13);6-7H,3-5H2,1-2H3;2*1H2;1H/i;;;;1+1. The zero-order valence-electron chi connectivity index (χ0n) is 16.5. The second kappa shape index (κ2) is 15.1. The number of carbonyl (C=O) groups excluding carboxylic acids is 2. The molecule has 0 amide bonds. The molecule has 27 heavy (non-hydrogen) atoms. The fourth-order valence-electron chi connectivity index (χ4n) is 2.70. The van der Waals surface area contributed by atoms with Crippen LogP contribution in [0.3, 0.4) is 0 Å². The average Bonchev–Trinajstić information content (AvgIpc) is 2.56. The molecular formula is C18H36O9. The SMILES string of the molecule is CCC(CC(CC)C(=O)O)C(=O)O.CCC1CC(CC)C(=O)OC1=O.O.O.[2HH]. The topological polar surface area (TPSA) is 181 Å². The van der Waals surface area contributed by atoms with Crippen LogP contribution in [0.5, 0.6) is 0 Å². The molecule has 0 aromatic heterocycles. The molecule has 0 spiro atoms. The van der Waals surface area contributed by atoms with Crippen molar-refractivity contribution >= 4 is 23.9 Å². The number of cyclic esters (lactones) is 2. The number of ether oxygens (including phenoxy) is 1. The van der Waals surface area contributed by atoms with E-state index in [1.807, 2.05) is 13.8 Å². The van der Waals surface area contributed by atoms with E-state index < -0.39 is 23.8 Å². The number of carboxylic acids is 2. The summed E-state index contributed by atoms with van der Waals surface area (Å²) in [6.45, 7) is 7.39. The molecule has 4 atom stereocenters. The van der Waals surface area contributed by atoms with Crippen molar-refractivity contribution < 1.29 is 46.5 Å².